The van der Waals surface area contributed by atoms with Crippen molar-refractivity contribution in [3.8, 4) is 5.75 Å². The van der Waals surface area contributed by atoms with Gasteiger partial charge in [-0.3, -0.25) is 4.98 Å². The molecule has 12 heteroatoms. The van der Waals surface area contributed by atoms with E-state index in [0.717, 1.165) is 23.7 Å². The summed E-state index contributed by atoms with van der Waals surface area (Å²) in [6, 6.07) is 15.7. The molecule has 1 aromatic heterocycles. The molecule has 1 atom stereocenters. The van der Waals surface area contributed by atoms with Crippen LogP contribution in [0.25, 0.3) is 10.9 Å². The highest BCUT2D eigenvalue weighted by atomic mass is 32.2. The summed E-state index contributed by atoms with van der Waals surface area (Å²) in [4.78, 5) is 4.68. The largest absolute Gasteiger partial charge is 0.494 e. The lowest BCUT2D eigenvalue weighted by Gasteiger charge is -2.38. The van der Waals surface area contributed by atoms with Gasteiger partial charge in [-0.25, -0.2) is 16.8 Å². The Hall–Kier alpha value is -2.61. The van der Waals surface area contributed by atoms with Crippen LogP contribution >= 0.6 is 0 Å². The topological polar surface area (TPSA) is 135 Å². The molecule has 40 heavy (non-hydrogen) atoms. The van der Waals surface area contributed by atoms with Gasteiger partial charge in [-0.05, 0) is 62.6 Å². The molecule has 0 saturated carbocycles. The number of nitrogens with one attached hydrogen (secondary N) is 1. The minimum atomic E-state index is -3.63. The van der Waals surface area contributed by atoms with E-state index in [1.807, 2.05) is 24.3 Å². The van der Waals surface area contributed by atoms with E-state index in [2.05, 4.69) is 10.3 Å². The Kier molecular flexibility index (Phi) is 8.74. The van der Waals surface area contributed by atoms with Gasteiger partial charge in [0.05, 0.1) is 41.6 Å². The molecule has 3 heterocycles. The first-order valence-corrected chi connectivity index (χ1v) is 16.6. The standard InChI is InChI=1S/C28H35N3O7S2/c32-14-16-39(33,34)25-7-3-6-24(18-25)37-15-4-11-29-23-19-28(38-21-23)9-12-31(13-10-28)40(35,36)26-17-22-5-1-2-8-27(22)30-20-26/h1-3,5-8,17-18,20,23,29,32H,4,9-16,19,21H2/t23-/m1/s1. The summed E-state index contributed by atoms with van der Waals surface area (Å²) in [5.41, 5.74) is 0.449. The fraction of sp³-hybridized carbons (Fsp3) is 0.464. The highest BCUT2D eigenvalue weighted by Gasteiger charge is 2.44. The lowest BCUT2D eigenvalue weighted by molar-refractivity contribution is -0.0311. The molecular formula is C28H35N3O7S2. The van der Waals surface area contributed by atoms with Crippen LogP contribution < -0.4 is 10.1 Å². The molecule has 2 N–H and O–H groups in total. The Labute approximate surface area is 235 Å². The van der Waals surface area contributed by atoms with Gasteiger partial charge in [-0.15, -0.1) is 0 Å². The number of sulfonamides is 1. The molecule has 0 unspecified atom stereocenters. The summed E-state index contributed by atoms with van der Waals surface area (Å²) in [7, 11) is -7.15. The summed E-state index contributed by atoms with van der Waals surface area (Å²) in [5, 5.41) is 13.3. The lowest BCUT2D eigenvalue weighted by Crippen LogP contribution is -2.46. The number of aliphatic hydroxyl groups excluding tert-OH is 1. The molecule has 10 nitrogen and oxygen atoms in total. The maximum atomic E-state index is 13.3. The number of piperidine rings is 1. The van der Waals surface area contributed by atoms with Crippen LogP contribution in [0.2, 0.25) is 0 Å². The predicted molar refractivity (Wildman–Crippen MR) is 151 cm³/mol. The molecule has 2 aromatic carbocycles. The number of benzene rings is 2. The summed E-state index contributed by atoms with van der Waals surface area (Å²) in [5.74, 6) is 0.157. The Morgan fingerprint density at radius 2 is 1.85 bits per heavy atom. The van der Waals surface area contributed by atoms with Gasteiger partial charge in [-0.1, -0.05) is 24.3 Å². The highest BCUT2D eigenvalue weighted by Crippen LogP contribution is 2.37. The fourth-order valence-electron chi connectivity index (χ4n) is 5.36. The molecule has 0 radical (unpaired) electrons. The van der Waals surface area contributed by atoms with Crippen molar-refractivity contribution in [3.05, 3.63) is 60.8 Å². The van der Waals surface area contributed by atoms with Crippen LogP contribution in [0.1, 0.15) is 25.7 Å². The second-order valence-electron chi connectivity index (χ2n) is 10.3. The van der Waals surface area contributed by atoms with Crippen LogP contribution in [0.3, 0.4) is 0 Å². The van der Waals surface area contributed by atoms with Crippen LogP contribution in [0.5, 0.6) is 5.75 Å². The molecule has 1 spiro atoms. The Morgan fingerprint density at radius 3 is 2.65 bits per heavy atom. The van der Waals surface area contributed by atoms with Crippen molar-refractivity contribution in [2.45, 2.75) is 47.1 Å². The number of sulfone groups is 1. The SMILES string of the molecule is O=S(=O)(CCO)c1cccc(OCCCN[C@H]2COC3(CCN(S(=O)(=O)c4cnc5ccccc5c4)CC3)C2)c1. The van der Waals surface area contributed by atoms with Gasteiger partial charge < -0.3 is 19.9 Å². The van der Waals surface area contributed by atoms with Gasteiger partial charge in [0.1, 0.15) is 10.6 Å². The van der Waals surface area contributed by atoms with E-state index in [4.69, 9.17) is 14.6 Å². The molecule has 0 aliphatic carbocycles. The number of aromatic nitrogens is 1. The first-order chi connectivity index (χ1) is 19.2. The predicted octanol–water partition coefficient (Wildman–Crippen LogP) is 2.37. The second-order valence-corrected chi connectivity index (χ2v) is 14.4. The quantitative estimate of drug-likeness (QED) is 0.323. The molecule has 2 aliphatic rings. The average Bonchev–Trinajstić information content (AvgIpc) is 3.34. The first kappa shape index (κ1) is 28.9. The molecule has 216 valence electrons. The third-order valence-corrected chi connectivity index (χ3v) is 11.1. The molecule has 5 rings (SSSR count). The van der Waals surface area contributed by atoms with Crippen molar-refractivity contribution >= 4 is 30.8 Å². The van der Waals surface area contributed by atoms with Gasteiger partial charge in [0.15, 0.2) is 9.84 Å². The number of hydrogen-bond donors (Lipinski definition) is 2. The van der Waals surface area contributed by atoms with E-state index in [9.17, 15) is 16.8 Å². The normalized spacial score (nSPS) is 19.8. The van der Waals surface area contributed by atoms with Crippen LogP contribution in [-0.4, -0.2) is 88.1 Å². The van der Waals surface area contributed by atoms with E-state index < -0.39 is 26.5 Å². The van der Waals surface area contributed by atoms with Gasteiger partial charge in [0.2, 0.25) is 10.0 Å². The molecule has 2 fully saturated rings. The van der Waals surface area contributed by atoms with E-state index in [0.29, 0.717) is 51.4 Å². The summed E-state index contributed by atoms with van der Waals surface area (Å²) < 4.78 is 64.3. The molecule has 3 aromatic rings. The Bertz CT molecular complexity index is 1540. The Balaban J connectivity index is 1.06. The van der Waals surface area contributed by atoms with E-state index in [1.54, 1.807) is 18.2 Å². The number of fused-ring (bicyclic) bond motifs is 1. The maximum absolute atomic E-state index is 13.3. The van der Waals surface area contributed by atoms with Gasteiger partial charge in [0.25, 0.3) is 0 Å². The van der Waals surface area contributed by atoms with Crippen molar-refractivity contribution in [1.82, 2.24) is 14.6 Å². The third kappa shape index (κ3) is 6.48. The Morgan fingerprint density at radius 1 is 1.05 bits per heavy atom. The van der Waals surface area contributed by atoms with Crippen molar-refractivity contribution < 1.29 is 31.4 Å². The van der Waals surface area contributed by atoms with Crippen LogP contribution in [-0.2, 0) is 24.6 Å². The zero-order chi connectivity index (χ0) is 28.2. The van der Waals surface area contributed by atoms with Crippen molar-refractivity contribution in [1.29, 1.82) is 0 Å². The molecule has 0 bridgehead atoms. The minimum Gasteiger partial charge on any atom is -0.494 e. The fourth-order valence-corrected chi connectivity index (χ4v) is 7.84. The zero-order valence-corrected chi connectivity index (χ0v) is 23.9. The summed E-state index contributed by atoms with van der Waals surface area (Å²) >= 11 is 0. The number of pyridine rings is 1. The monoisotopic (exact) mass is 589 g/mol. The zero-order valence-electron chi connectivity index (χ0n) is 22.2. The van der Waals surface area contributed by atoms with Crippen LogP contribution in [0.4, 0.5) is 0 Å². The molecule has 2 aliphatic heterocycles. The molecular weight excluding hydrogens is 554 g/mol. The number of rotatable bonds is 11. The van der Waals surface area contributed by atoms with Crippen molar-refractivity contribution in [2.75, 3.05) is 45.2 Å². The summed E-state index contributed by atoms with van der Waals surface area (Å²) in [6.45, 7) is 2.10. The lowest BCUT2D eigenvalue weighted by atomic mass is 9.88. The third-order valence-electron chi connectivity index (χ3n) is 7.59. The van der Waals surface area contributed by atoms with Crippen molar-refractivity contribution in [2.24, 2.45) is 0 Å². The van der Waals surface area contributed by atoms with E-state index in [1.165, 1.54) is 22.6 Å². The second kappa shape index (κ2) is 12.1. The van der Waals surface area contributed by atoms with Crippen molar-refractivity contribution in [3.63, 3.8) is 0 Å². The van der Waals surface area contributed by atoms with Crippen LogP contribution in [0, 0.1) is 0 Å². The number of hydrogen-bond acceptors (Lipinski definition) is 9. The molecule has 0 amide bonds. The van der Waals surface area contributed by atoms with Gasteiger partial charge in [0, 0.05) is 30.7 Å². The average molecular weight is 590 g/mol. The number of nitrogens with zero attached hydrogens (tertiary/aromatic N) is 2. The minimum absolute atomic E-state index is 0.137. The molecule has 2 saturated heterocycles. The van der Waals surface area contributed by atoms with E-state index in [-0.39, 0.29) is 27.2 Å². The summed E-state index contributed by atoms with van der Waals surface area (Å²) in [6.07, 6.45) is 4.27. The smallest absolute Gasteiger partial charge is 0.244 e. The van der Waals surface area contributed by atoms with Crippen LogP contribution in [0.15, 0.2) is 70.6 Å². The number of ether oxygens (including phenoxy) is 2. The van der Waals surface area contributed by atoms with E-state index >= 15 is 0 Å². The van der Waals surface area contributed by atoms with Gasteiger partial charge in [-0.2, -0.15) is 4.31 Å². The highest BCUT2D eigenvalue weighted by molar-refractivity contribution is 7.91. The first-order valence-electron chi connectivity index (χ1n) is 13.5. The maximum Gasteiger partial charge on any atom is 0.244 e. The number of aliphatic hydroxyl groups is 1. The van der Waals surface area contributed by atoms with Gasteiger partial charge >= 0.3 is 0 Å². The number of para-hydroxylation sites is 1.